The molecule has 0 fully saturated rings. The highest BCUT2D eigenvalue weighted by Gasteiger charge is 2.07. The average molecular weight is 322 g/mol. The Morgan fingerprint density at radius 2 is 1.74 bits per heavy atom. The Bertz CT molecular complexity index is 779. The number of hydrogen-bond acceptors (Lipinski definition) is 3. The lowest BCUT2D eigenvalue weighted by Crippen LogP contribution is -2.14. The number of aromatic nitrogens is 1. The molecule has 1 N–H and O–H groups in total. The molecule has 2 aromatic carbocycles. The van der Waals surface area contributed by atoms with Gasteiger partial charge in [-0.15, -0.1) is 11.3 Å². The summed E-state index contributed by atoms with van der Waals surface area (Å²) in [6, 6.07) is 18.3. The van der Waals surface area contributed by atoms with Gasteiger partial charge in [0, 0.05) is 5.38 Å². The molecule has 3 rings (SSSR count). The van der Waals surface area contributed by atoms with Crippen molar-refractivity contribution in [2.45, 2.75) is 19.8 Å². The number of anilines is 1. The predicted octanol–water partition coefficient (Wildman–Crippen LogP) is 4.55. The number of carbonyl (C=O) groups is 1. The Labute approximate surface area is 140 Å². The Balaban J connectivity index is 1.62. The number of amides is 1. The summed E-state index contributed by atoms with van der Waals surface area (Å²) in [5.74, 6) is -0.0329. The number of hydrogen-bond donors (Lipinski definition) is 1. The van der Waals surface area contributed by atoms with E-state index in [9.17, 15) is 4.79 Å². The van der Waals surface area contributed by atoms with E-state index in [0.29, 0.717) is 11.6 Å². The van der Waals surface area contributed by atoms with Crippen LogP contribution < -0.4 is 5.32 Å². The van der Waals surface area contributed by atoms with E-state index in [1.807, 2.05) is 35.7 Å². The zero-order valence-electron chi connectivity index (χ0n) is 13.0. The lowest BCUT2D eigenvalue weighted by Gasteiger charge is -2.05. The first kappa shape index (κ1) is 15.4. The highest BCUT2D eigenvalue weighted by Crippen LogP contribution is 2.20. The van der Waals surface area contributed by atoms with Gasteiger partial charge in [-0.25, -0.2) is 4.98 Å². The molecule has 3 aromatic rings. The number of rotatable bonds is 5. The minimum Gasteiger partial charge on any atom is -0.302 e. The number of nitrogens with one attached hydrogen (secondary N) is 1. The molecule has 116 valence electrons. The molecule has 1 heterocycles. The molecule has 0 unspecified atom stereocenters. The van der Waals surface area contributed by atoms with Crippen LogP contribution >= 0.6 is 11.3 Å². The van der Waals surface area contributed by atoms with Gasteiger partial charge in [-0.05, 0) is 23.1 Å². The fourth-order valence-electron chi connectivity index (χ4n) is 2.32. The second kappa shape index (κ2) is 7.20. The van der Waals surface area contributed by atoms with Crippen molar-refractivity contribution in [3.63, 3.8) is 0 Å². The van der Waals surface area contributed by atoms with Crippen molar-refractivity contribution in [2.75, 3.05) is 5.32 Å². The fourth-order valence-corrected chi connectivity index (χ4v) is 3.13. The van der Waals surface area contributed by atoms with Crippen molar-refractivity contribution < 1.29 is 4.79 Å². The molecule has 3 nitrogen and oxygen atoms in total. The van der Waals surface area contributed by atoms with Crippen molar-refractivity contribution in [3.8, 4) is 11.1 Å². The maximum atomic E-state index is 12.1. The van der Waals surface area contributed by atoms with Crippen LogP contribution in [-0.4, -0.2) is 10.9 Å². The van der Waals surface area contributed by atoms with Crippen molar-refractivity contribution in [1.82, 2.24) is 4.98 Å². The molecule has 0 saturated carbocycles. The van der Waals surface area contributed by atoms with E-state index in [0.717, 1.165) is 23.2 Å². The van der Waals surface area contributed by atoms with Gasteiger partial charge in [-0.2, -0.15) is 0 Å². The summed E-state index contributed by atoms with van der Waals surface area (Å²) in [5.41, 5.74) is 4.34. The lowest BCUT2D eigenvalue weighted by molar-refractivity contribution is -0.115. The molecule has 4 heteroatoms. The first-order chi connectivity index (χ1) is 11.2. The molecule has 0 aliphatic heterocycles. The Kier molecular flexibility index (Phi) is 4.83. The van der Waals surface area contributed by atoms with Crippen LogP contribution in [0.3, 0.4) is 0 Å². The van der Waals surface area contributed by atoms with Crippen LogP contribution in [0.2, 0.25) is 0 Å². The molecule has 0 aliphatic carbocycles. The van der Waals surface area contributed by atoms with E-state index >= 15 is 0 Å². The topological polar surface area (TPSA) is 42.0 Å². The molecule has 0 radical (unpaired) electrons. The zero-order valence-corrected chi connectivity index (χ0v) is 13.8. The largest absolute Gasteiger partial charge is 0.302 e. The summed E-state index contributed by atoms with van der Waals surface area (Å²) in [5, 5.41) is 5.51. The van der Waals surface area contributed by atoms with Gasteiger partial charge in [-0.3, -0.25) is 4.79 Å². The number of nitrogens with zero attached hydrogens (tertiary/aromatic N) is 1. The third kappa shape index (κ3) is 4.05. The first-order valence-corrected chi connectivity index (χ1v) is 8.51. The van der Waals surface area contributed by atoms with E-state index in [2.05, 4.69) is 41.5 Å². The first-order valence-electron chi connectivity index (χ1n) is 7.63. The van der Waals surface area contributed by atoms with Gasteiger partial charge in [0.1, 0.15) is 0 Å². The molecule has 23 heavy (non-hydrogen) atoms. The maximum Gasteiger partial charge on any atom is 0.230 e. The summed E-state index contributed by atoms with van der Waals surface area (Å²) in [6.45, 7) is 2.05. The smallest absolute Gasteiger partial charge is 0.230 e. The van der Waals surface area contributed by atoms with Crippen LogP contribution in [0.15, 0.2) is 60.0 Å². The van der Waals surface area contributed by atoms with E-state index in [1.54, 1.807) is 0 Å². The Morgan fingerprint density at radius 3 is 2.39 bits per heavy atom. The number of carbonyl (C=O) groups excluding carboxylic acids is 1. The van der Waals surface area contributed by atoms with E-state index in [1.165, 1.54) is 16.9 Å². The van der Waals surface area contributed by atoms with Crippen molar-refractivity contribution in [2.24, 2.45) is 0 Å². The molecule has 0 aliphatic rings. The standard InChI is InChI=1S/C19H18N2OS/c1-2-17-13-23-19(20-17)21-18(22)12-14-8-10-16(11-9-14)15-6-4-3-5-7-15/h3-11,13H,2,12H2,1H3,(H,20,21,22). The van der Waals surface area contributed by atoms with Gasteiger partial charge in [0.15, 0.2) is 5.13 Å². The fraction of sp³-hybridized carbons (Fsp3) is 0.158. The summed E-state index contributed by atoms with van der Waals surface area (Å²) in [4.78, 5) is 16.4. The third-order valence-corrected chi connectivity index (χ3v) is 4.39. The zero-order chi connectivity index (χ0) is 16.1. The second-order valence-corrected chi connectivity index (χ2v) is 6.14. The van der Waals surface area contributed by atoms with Crippen LogP contribution in [0, 0.1) is 0 Å². The molecular formula is C19H18N2OS. The van der Waals surface area contributed by atoms with Crippen LogP contribution in [0.5, 0.6) is 0 Å². The third-order valence-electron chi connectivity index (χ3n) is 3.59. The van der Waals surface area contributed by atoms with Gasteiger partial charge in [0.2, 0.25) is 5.91 Å². The van der Waals surface area contributed by atoms with E-state index < -0.39 is 0 Å². The van der Waals surface area contributed by atoms with Crippen LogP contribution in [-0.2, 0) is 17.6 Å². The van der Waals surface area contributed by atoms with Crippen molar-refractivity contribution in [3.05, 3.63) is 71.2 Å². The Morgan fingerprint density at radius 1 is 1.04 bits per heavy atom. The maximum absolute atomic E-state index is 12.1. The van der Waals surface area contributed by atoms with Gasteiger partial charge < -0.3 is 5.32 Å². The van der Waals surface area contributed by atoms with Gasteiger partial charge in [0.25, 0.3) is 0 Å². The summed E-state index contributed by atoms with van der Waals surface area (Å²) >= 11 is 1.47. The molecule has 0 saturated heterocycles. The van der Waals surface area contributed by atoms with E-state index in [4.69, 9.17) is 0 Å². The minimum absolute atomic E-state index is 0.0329. The molecular weight excluding hydrogens is 304 g/mol. The lowest BCUT2D eigenvalue weighted by atomic mass is 10.0. The monoisotopic (exact) mass is 322 g/mol. The average Bonchev–Trinajstić information content (AvgIpc) is 3.04. The van der Waals surface area contributed by atoms with Crippen LogP contribution in [0.1, 0.15) is 18.2 Å². The highest BCUT2D eigenvalue weighted by atomic mass is 32.1. The summed E-state index contributed by atoms with van der Waals surface area (Å²) in [6.07, 6.45) is 1.24. The van der Waals surface area contributed by atoms with Crippen molar-refractivity contribution >= 4 is 22.4 Å². The van der Waals surface area contributed by atoms with Crippen LogP contribution in [0.4, 0.5) is 5.13 Å². The molecule has 0 bridgehead atoms. The number of thiazole rings is 1. The normalized spacial score (nSPS) is 10.5. The number of aryl methyl sites for hydroxylation is 1. The SMILES string of the molecule is CCc1csc(NC(=O)Cc2ccc(-c3ccccc3)cc2)n1. The minimum atomic E-state index is -0.0329. The van der Waals surface area contributed by atoms with Gasteiger partial charge in [0.05, 0.1) is 12.1 Å². The summed E-state index contributed by atoms with van der Waals surface area (Å²) < 4.78 is 0. The highest BCUT2D eigenvalue weighted by molar-refractivity contribution is 7.13. The van der Waals surface area contributed by atoms with E-state index in [-0.39, 0.29) is 5.91 Å². The summed E-state index contributed by atoms with van der Waals surface area (Å²) in [7, 11) is 0. The van der Waals surface area contributed by atoms with Crippen LogP contribution in [0.25, 0.3) is 11.1 Å². The quantitative estimate of drug-likeness (QED) is 0.748. The molecule has 1 amide bonds. The Hall–Kier alpha value is -2.46. The predicted molar refractivity (Wildman–Crippen MR) is 95.7 cm³/mol. The van der Waals surface area contributed by atoms with Gasteiger partial charge in [-0.1, -0.05) is 61.5 Å². The molecule has 1 aromatic heterocycles. The second-order valence-electron chi connectivity index (χ2n) is 5.29. The number of benzene rings is 2. The van der Waals surface area contributed by atoms with Gasteiger partial charge >= 0.3 is 0 Å². The van der Waals surface area contributed by atoms with Crippen molar-refractivity contribution in [1.29, 1.82) is 0 Å². The molecule has 0 atom stereocenters. The molecule has 0 spiro atoms.